The summed E-state index contributed by atoms with van der Waals surface area (Å²) in [7, 11) is 0. The second kappa shape index (κ2) is 9.04. The molecule has 0 spiro atoms. The summed E-state index contributed by atoms with van der Waals surface area (Å²) >= 11 is 0. The predicted molar refractivity (Wildman–Crippen MR) is 114 cm³/mol. The molecule has 1 atom stereocenters. The maximum atomic E-state index is 12.6. The van der Waals surface area contributed by atoms with Crippen LogP contribution < -0.4 is 15.7 Å². The van der Waals surface area contributed by atoms with Gasteiger partial charge in [-0.15, -0.1) is 0 Å². The highest BCUT2D eigenvalue weighted by atomic mass is 16.6. The molecule has 31 heavy (non-hydrogen) atoms. The molecular formula is C24H23NO6. The van der Waals surface area contributed by atoms with Crippen molar-refractivity contribution < 1.29 is 23.5 Å². The zero-order chi connectivity index (χ0) is 21.8. The number of alkyl carbamates (subject to hydrolysis) is 1. The number of fused-ring (bicyclic) bond motifs is 3. The molecule has 1 N–H and O–H groups in total. The molecule has 1 aromatic heterocycles. The average molecular weight is 421 g/mol. The molecule has 7 heteroatoms. The van der Waals surface area contributed by atoms with Gasteiger partial charge in [0.25, 0.3) is 0 Å². The molecule has 0 saturated heterocycles. The van der Waals surface area contributed by atoms with Crippen molar-refractivity contribution in [3.8, 4) is 5.75 Å². The van der Waals surface area contributed by atoms with Crippen LogP contribution in [0.25, 0.3) is 11.0 Å². The number of ether oxygens (including phenoxy) is 2. The van der Waals surface area contributed by atoms with Crippen LogP contribution in [-0.4, -0.2) is 18.1 Å². The fourth-order valence-corrected chi connectivity index (χ4v) is 3.75. The summed E-state index contributed by atoms with van der Waals surface area (Å²) in [5, 5.41) is 3.39. The van der Waals surface area contributed by atoms with Crippen molar-refractivity contribution in [3.63, 3.8) is 0 Å². The first kappa shape index (κ1) is 20.7. The number of aryl methyl sites for hydroxylation is 1. The largest absolute Gasteiger partial charge is 0.445 e. The Morgan fingerprint density at radius 1 is 1.10 bits per heavy atom. The maximum absolute atomic E-state index is 12.6. The minimum absolute atomic E-state index is 0.103. The summed E-state index contributed by atoms with van der Waals surface area (Å²) in [6.07, 6.45) is 2.13. The van der Waals surface area contributed by atoms with E-state index >= 15 is 0 Å². The van der Waals surface area contributed by atoms with Gasteiger partial charge in [-0.1, -0.05) is 37.3 Å². The van der Waals surface area contributed by atoms with E-state index in [1.54, 1.807) is 19.1 Å². The second-order valence-electron chi connectivity index (χ2n) is 7.45. The van der Waals surface area contributed by atoms with Gasteiger partial charge >= 0.3 is 17.7 Å². The van der Waals surface area contributed by atoms with Crippen LogP contribution >= 0.6 is 0 Å². The molecule has 1 aliphatic carbocycles. The van der Waals surface area contributed by atoms with Crippen LogP contribution in [0.2, 0.25) is 0 Å². The van der Waals surface area contributed by atoms with Crippen molar-refractivity contribution in [2.75, 3.05) is 0 Å². The van der Waals surface area contributed by atoms with Crippen LogP contribution in [0.3, 0.4) is 0 Å². The number of rotatable bonds is 6. The predicted octanol–water partition coefficient (Wildman–Crippen LogP) is 3.89. The van der Waals surface area contributed by atoms with Crippen molar-refractivity contribution in [2.24, 2.45) is 0 Å². The van der Waals surface area contributed by atoms with Crippen molar-refractivity contribution in [2.45, 2.75) is 45.3 Å². The van der Waals surface area contributed by atoms with E-state index in [1.165, 1.54) is 6.07 Å². The van der Waals surface area contributed by atoms with E-state index in [9.17, 15) is 14.4 Å². The van der Waals surface area contributed by atoms with Gasteiger partial charge in [-0.2, -0.15) is 0 Å². The van der Waals surface area contributed by atoms with Crippen molar-refractivity contribution >= 4 is 23.0 Å². The minimum Gasteiger partial charge on any atom is -0.445 e. The molecular weight excluding hydrogens is 398 g/mol. The Bertz CT molecular complexity index is 1170. The van der Waals surface area contributed by atoms with E-state index in [0.29, 0.717) is 12.0 Å². The van der Waals surface area contributed by atoms with E-state index in [-0.39, 0.29) is 18.0 Å². The number of benzene rings is 2. The highest BCUT2D eigenvalue weighted by Gasteiger charge is 2.23. The van der Waals surface area contributed by atoms with Crippen molar-refractivity contribution in [1.82, 2.24) is 5.32 Å². The summed E-state index contributed by atoms with van der Waals surface area (Å²) in [5.41, 5.74) is 2.65. The Balaban J connectivity index is 1.41. The van der Waals surface area contributed by atoms with Gasteiger partial charge in [-0.05, 0) is 48.9 Å². The third-order valence-corrected chi connectivity index (χ3v) is 5.36. The first-order chi connectivity index (χ1) is 15.0. The number of amides is 1. The maximum Gasteiger partial charge on any atom is 0.408 e. The summed E-state index contributed by atoms with van der Waals surface area (Å²) in [5.74, 6) is -0.376. The highest BCUT2D eigenvalue weighted by molar-refractivity contribution is 5.86. The van der Waals surface area contributed by atoms with Crippen LogP contribution in [-0.2, 0) is 29.0 Å². The van der Waals surface area contributed by atoms with Gasteiger partial charge in [-0.3, -0.25) is 0 Å². The summed E-state index contributed by atoms with van der Waals surface area (Å²) < 4.78 is 16.0. The molecule has 0 unspecified atom stereocenters. The molecule has 0 fully saturated rings. The van der Waals surface area contributed by atoms with E-state index in [0.717, 1.165) is 41.3 Å². The molecule has 2 aromatic carbocycles. The van der Waals surface area contributed by atoms with Gasteiger partial charge in [0.15, 0.2) is 0 Å². The first-order valence-corrected chi connectivity index (χ1v) is 10.3. The molecule has 0 radical (unpaired) electrons. The number of carbonyl (C=O) groups is 2. The Morgan fingerprint density at radius 2 is 1.87 bits per heavy atom. The SMILES string of the molecule is CC[C@H](NC(=O)OCc1ccccc1)C(=O)Oc1ccc2c3c(c(=O)oc2c1)CCC3. The third kappa shape index (κ3) is 4.60. The summed E-state index contributed by atoms with van der Waals surface area (Å²) in [6.45, 7) is 1.86. The van der Waals surface area contributed by atoms with Gasteiger partial charge in [0, 0.05) is 17.0 Å². The van der Waals surface area contributed by atoms with Gasteiger partial charge in [0.1, 0.15) is 24.0 Å². The molecule has 4 rings (SSSR count). The molecule has 7 nitrogen and oxygen atoms in total. The van der Waals surface area contributed by atoms with Gasteiger partial charge in [-0.25, -0.2) is 14.4 Å². The van der Waals surface area contributed by atoms with Crippen molar-refractivity contribution in [3.05, 3.63) is 75.6 Å². The smallest absolute Gasteiger partial charge is 0.408 e. The van der Waals surface area contributed by atoms with E-state index in [4.69, 9.17) is 13.9 Å². The van der Waals surface area contributed by atoms with E-state index < -0.39 is 18.1 Å². The lowest BCUT2D eigenvalue weighted by Gasteiger charge is -2.16. The second-order valence-corrected chi connectivity index (χ2v) is 7.45. The molecule has 1 heterocycles. The monoisotopic (exact) mass is 421 g/mol. The zero-order valence-electron chi connectivity index (χ0n) is 17.2. The Labute approximate surface area is 179 Å². The van der Waals surface area contributed by atoms with Gasteiger partial charge in [0.05, 0.1) is 0 Å². The quantitative estimate of drug-likeness (QED) is 0.369. The fourth-order valence-electron chi connectivity index (χ4n) is 3.75. The molecule has 0 saturated carbocycles. The normalized spacial score (nSPS) is 13.5. The first-order valence-electron chi connectivity index (χ1n) is 10.3. The zero-order valence-corrected chi connectivity index (χ0v) is 17.2. The third-order valence-electron chi connectivity index (χ3n) is 5.36. The molecule has 1 amide bonds. The molecule has 0 bridgehead atoms. The highest BCUT2D eigenvalue weighted by Crippen LogP contribution is 2.29. The number of nitrogens with one attached hydrogen (secondary N) is 1. The van der Waals surface area contributed by atoms with Gasteiger partial charge < -0.3 is 19.2 Å². The van der Waals surface area contributed by atoms with E-state index in [1.807, 2.05) is 30.3 Å². The van der Waals surface area contributed by atoms with Crippen LogP contribution in [0.5, 0.6) is 5.75 Å². The van der Waals surface area contributed by atoms with Crippen LogP contribution in [0.15, 0.2) is 57.7 Å². The van der Waals surface area contributed by atoms with Gasteiger partial charge in [0.2, 0.25) is 0 Å². The summed E-state index contributed by atoms with van der Waals surface area (Å²) in [6, 6.07) is 13.4. The molecule has 160 valence electrons. The lowest BCUT2D eigenvalue weighted by atomic mass is 10.1. The number of hydrogen-bond donors (Lipinski definition) is 1. The molecule has 0 aliphatic heterocycles. The Morgan fingerprint density at radius 3 is 2.65 bits per heavy atom. The molecule has 1 aliphatic rings. The Kier molecular flexibility index (Phi) is 6.02. The minimum atomic E-state index is -0.869. The van der Waals surface area contributed by atoms with Crippen molar-refractivity contribution in [1.29, 1.82) is 0 Å². The standard InChI is InChI=1S/C24H23NO6/c1-2-20(25-24(28)29-14-15-7-4-3-5-8-15)23(27)30-16-11-12-18-17-9-6-10-19(17)22(26)31-21(18)13-16/h3-5,7-8,11-13,20H,2,6,9-10,14H2,1H3,(H,25,28)/t20-/m0/s1. The van der Waals surface area contributed by atoms with Crippen LogP contribution in [0, 0.1) is 0 Å². The Hall–Kier alpha value is -3.61. The number of esters is 1. The van der Waals surface area contributed by atoms with Crippen LogP contribution in [0.4, 0.5) is 4.79 Å². The lowest BCUT2D eigenvalue weighted by molar-refractivity contribution is -0.136. The van der Waals surface area contributed by atoms with E-state index in [2.05, 4.69) is 5.32 Å². The number of hydrogen-bond acceptors (Lipinski definition) is 6. The average Bonchev–Trinajstić information content (AvgIpc) is 3.27. The van der Waals surface area contributed by atoms with Crippen LogP contribution in [0.1, 0.15) is 36.5 Å². The summed E-state index contributed by atoms with van der Waals surface area (Å²) in [4.78, 5) is 36.8. The molecule has 3 aromatic rings. The number of carbonyl (C=O) groups excluding carboxylic acids is 2. The lowest BCUT2D eigenvalue weighted by Crippen LogP contribution is -2.42. The fraction of sp³-hybridized carbons (Fsp3) is 0.292. The topological polar surface area (TPSA) is 94.8 Å².